The number of carbonyl (C=O) groups is 1. The van der Waals surface area contributed by atoms with Gasteiger partial charge in [-0.1, -0.05) is 13.8 Å². The minimum atomic E-state index is 0.0185. The summed E-state index contributed by atoms with van der Waals surface area (Å²) >= 11 is 0. The number of amides is 2. The molecule has 5 heteroatoms. The van der Waals surface area contributed by atoms with Crippen molar-refractivity contribution in [2.75, 3.05) is 0 Å². The van der Waals surface area contributed by atoms with Gasteiger partial charge in [0.15, 0.2) is 0 Å². The first kappa shape index (κ1) is 14.8. The number of nitrogens with zero attached hydrogens (tertiary/aromatic N) is 3. The van der Waals surface area contributed by atoms with Crippen LogP contribution in [0.2, 0.25) is 0 Å². The molecule has 2 amide bonds. The number of carbonyl (C=O) groups excluding carboxylic acids is 1. The lowest BCUT2D eigenvalue weighted by Crippen LogP contribution is -2.48. The lowest BCUT2D eigenvalue weighted by atomic mass is 10.0. The van der Waals surface area contributed by atoms with Gasteiger partial charge in [0.05, 0.1) is 12.2 Å². The number of aromatic nitrogens is 2. The first-order chi connectivity index (χ1) is 9.49. The molecule has 0 radical (unpaired) electrons. The average molecular weight is 276 g/mol. The third-order valence-electron chi connectivity index (χ3n) is 3.83. The molecule has 0 spiro atoms. The lowest BCUT2D eigenvalue weighted by Gasteiger charge is -2.32. The van der Waals surface area contributed by atoms with Crippen molar-refractivity contribution in [2.24, 2.45) is 5.92 Å². The quantitative estimate of drug-likeness (QED) is 0.899. The molecule has 1 fully saturated rings. The Morgan fingerprint density at radius 2 is 2.15 bits per heavy atom. The molecule has 1 N–H and O–H groups in total. The van der Waals surface area contributed by atoms with Gasteiger partial charge >= 0.3 is 6.03 Å². The van der Waals surface area contributed by atoms with Crippen molar-refractivity contribution in [1.29, 1.82) is 0 Å². The predicted molar refractivity (Wildman–Crippen MR) is 78.2 cm³/mol. The number of nitrogens with one attached hydrogen (secondary N) is 1. The maximum atomic E-state index is 12.4. The van der Waals surface area contributed by atoms with E-state index < -0.39 is 0 Å². The SMILES string of the molecule is Cc1nccc(CNC(=O)N(C2CC2)[C@H](C)C(C)C)n1. The Kier molecular flexibility index (Phi) is 4.57. The van der Waals surface area contributed by atoms with Gasteiger partial charge in [0.25, 0.3) is 0 Å². The van der Waals surface area contributed by atoms with Gasteiger partial charge in [-0.25, -0.2) is 14.8 Å². The van der Waals surface area contributed by atoms with Gasteiger partial charge in [-0.05, 0) is 38.7 Å². The highest BCUT2D eigenvalue weighted by molar-refractivity contribution is 5.75. The maximum Gasteiger partial charge on any atom is 0.318 e. The maximum absolute atomic E-state index is 12.4. The van der Waals surface area contributed by atoms with Crippen molar-refractivity contribution >= 4 is 6.03 Å². The molecule has 1 aromatic heterocycles. The van der Waals surface area contributed by atoms with E-state index in [9.17, 15) is 4.79 Å². The third-order valence-corrected chi connectivity index (χ3v) is 3.83. The van der Waals surface area contributed by atoms with Gasteiger partial charge < -0.3 is 10.2 Å². The fraction of sp³-hybridized carbons (Fsp3) is 0.667. The molecule has 1 heterocycles. The summed E-state index contributed by atoms with van der Waals surface area (Å²) in [6, 6.07) is 2.53. The summed E-state index contributed by atoms with van der Waals surface area (Å²) in [7, 11) is 0. The van der Waals surface area contributed by atoms with E-state index in [0.29, 0.717) is 18.5 Å². The standard InChI is InChI=1S/C15H24N4O/c1-10(2)11(3)19(14-5-6-14)15(20)17-9-13-7-8-16-12(4)18-13/h7-8,10-11,14H,5-6,9H2,1-4H3,(H,17,20)/t11-/m1/s1. The molecule has 1 saturated carbocycles. The van der Waals surface area contributed by atoms with Crippen LogP contribution >= 0.6 is 0 Å². The minimum absolute atomic E-state index is 0.0185. The Labute approximate surface area is 120 Å². The molecule has 20 heavy (non-hydrogen) atoms. The Balaban J connectivity index is 1.95. The molecule has 0 bridgehead atoms. The summed E-state index contributed by atoms with van der Waals surface area (Å²) in [5.74, 6) is 1.19. The summed E-state index contributed by atoms with van der Waals surface area (Å²) in [5, 5.41) is 2.98. The Morgan fingerprint density at radius 3 is 2.70 bits per heavy atom. The van der Waals surface area contributed by atoms with Crippen molar-refractivity contribution in [2.45, 2.75) is 59.2 Å². The fourth-order valence-electron chi connectivity index (χ4n) is 2.22. The number of hydrogen-bond acceptors (Lipinski definition) is 3. The van der Waals surface area contributed by atoms with Crippen LogP contribution in [0, 0.1) is 12.8 Å². The first-order valence-electron chi connectivity index (χ1n) is 7.33. The number of aryl methyl sites for hydroxylation is 1. The van der Waals surface area contributed by atoms with Crippen LogP contribution in [0.1, 0.15) is 45.1 Å². The predicted octanol–water partition coefficient (Wildman–Crippen LogP) is 2.50. The zero-order valence-electron chi connectivity index (χ0n) is 12.8. The summed E-state index contributed by atoms with van der Waals surface area (Å²) in [4.78, 5) is 22.8. The van der Waals surface area contributed by atoms with E-state index in [1.54, 1.807) is 6.20 Å². The third kappa shape index (κ3) is 3.68. The van der Waals surface area contributed by atoms with Crippen LogP contribution in [0.15, 0.2) is 12.3 Å². The van der Waals surface area contributed by atoms with Crippen LogP contribution < -0.4 is 5.32 Å². The number of hydrogen-bond donors (Lipinski definition) is 1. The van der Waals surface area contributed by atoms with Crippen LogP contribution in [-0.2, 0) is 6.54 Å². The molecule has 0 aliphatic heterocycles. The van der Waals surface area contributed by atoms with Gasteiger partial charge in [0.2, 0.25) is 0 Å². The fourth-order valence-corrected chi connectivity index (χ4v) is 2.22. The molecular formula is C15H24N4O. The second-order valence-corrected chi connectivity index (χ2v) is 5.88. The highest BCUT2D eigenvalue weighted by Crippen LogP contribution is 2.30. The second kappa shape index (κ2) is 6.20. The summed E-state index contributed by atoms with van der Waals surface area (Å²) in [5.41, 5.74) is 0.846. The normalized spacial score (nSPS) is 16.1. The van der Waals surface area contributed by atoms with Crippen LogP contribution in [-0.4, -0.2) is 33.0 Å². The van der Waals surface area contributed by atoms with E-state index >= 15 is 0 Å². The molecule has 1 aliphatic rings. The van der Waals surface area contributed by atoms with Crippen molar-refractivity contribution in [1.82, 2.24) is 20.2 Å². The molecule has 1 atom stereocenters. The van der Waals surface area contributed by atoms with E-state index in [1.165, 1.54) is 0 Å². The lowest BCUT2D eigenvalue weighted by molar-refractivity contribution is 0.156. The zero-order chi connectivity index (χ0) is 14.7. The Hall–Kier alpha value is -1.65. The monoisotopic (exact) mass is 276 g/mol. The molecule has 110 valence electrons. The largest absolute Gasteiger partial charge is 0.332 e. The van der Waals surface area contributed by atoms with E-state index in [2.05, 4.69) is 36.1 Å². The van der Waals surface area contributed by atoms with Gasteiger partial charge in [0, 0.05) is 18.3 Å². The summed E-state index contributed by atoms with van der Waals surface area (Å²) < 4.78 is 0. The molecule has 5 nitrogen and oxygen atoms in total. The second-order valence-electron chi connectivity index (χ2n) is 5.88. The Morgan fingerprint density at radius 1 is 1.45 bits per heavy atom. The zero-order valence-corrected chi connectivity index (χ0v) is 12.8. The van der Waals surface area contributed by atoms with Gasteiger partial charge in [-0.2, -0.15) is 0 Å². The van der Waals surface area contributed by atoms with Gasteiger partial charge in [-0.15, -0.1) is 0 Å². The Bertz CT molecular complexity index is 471. The molecule has 1 aliphatic carbocycles. The summed E-state index contributed by atoms with van der Waals surface area (Å²) in [6.07, 6.45) is 3.97. The summed E-state index contributed by atoms with van der Waals surface area (Å²) in [6.45, 7) is 8.73. The molecular weight excluding hydrogens is 252 g/mol. The smallest absolute Gasteiger partial charge is 0.318 e. The van der Waals surface area contributed by atoms with Crippen LogP contribution in [0.4, 0.5) is 4.79 Å². The van der Waals surface area contributed by atoms with Crippen molar-refractivity contribution < 1.29 is 4.79 Å². The van der Waals surface area contributed by atoms with Crippen molar-refractivity contribution in [3.05, 3.63) is 23.8 Å². The van der Waals surface area contributed by atoms with Gasteiger partial charge in [0.1, 0.15) is 5.82 Å². The molecule has 0 aromatic carbocycles. The topological polar surface area (TPSA) is 58.1 Å². The highest BCUT2D eigenvalue weighted by atomic mass is 16.2. The van der Waals surface area contributed by atoms with Crippen LogP contribution in [0.25, 0.3) is 0 Å². The molecule has 0 saturated heterocycles. The molecule has 1 aromatic rings. The minimum Gasteiger partial charge on any atom is -0.332 e. The number of urea groups is 1. The molecule has 2 rings (SSSR count). The van der Waals surface area contributed by atoms with Crippen LogP contribution in [0.5, 0.6) is 0 Å². The van der Waals surface area contributed by atoms with Crippen LogP contribution in [0.3, 0.4) is 0 Å². The van der Waals surface area contributed by atoms with E-state index in [-0.39, 0.29) is 12.1 Å². The van der Waals surface area contributed by atoms with E-state index in [0.717, 1.165) is 24.4 Å². The van der Waals surface area contributed by atoms with E-state index in [4.69, 9.17) is 0 Å². The molecule has 0 unspecified atom stereocenters. The van der Waals surface area contributed by atoms with Crippen molar-refractivity contribution in [3.8, 4) is 0 Å². The highest BCUT2D eigenvalue weighted by Gasteiger charge is 2.36. The van der Waals surface area contributed by atoms with E-state index in [1.807, 2.05) is 17.9 Å². The first-order valence-corrected chi connectivity index (χ1v) is 7.33. The average Bonchev–Trinajstić information content (AvgIpc) is 3.21. The number of rotatable bonds is 5. The van der Waals surface area contributed by atoms with Crippen molar-refractivity contribution in [3.63, 3.8) is 0 Å². The van der Waals surface area contributed by atoms with Gasteiger partial charge in [-0.3, -0.25) is 0 Å².